The molecule has 0 fully saturated rings. The van der Waals surface area contributed by atoms with Crippen LogP contribution in [0.15, 0.2) is 36.4 Å². The molecule has 1 heterocycles. The highest BCUT2D eigenvalue weighted by Gasteiger charge is 2.12. The van der Waals surface area contributed by atoms with Crippen molar-refractivity contribution in [3.05, 3.63) is 47.9 Å². The van der Waals surface area contributed by atoms with Crippen LogP contribution in [-0.4, -0.2) is 4.57 Å². The minimum absolute atomic E-state index is 0.164. The fourth-order valence-electron chi connectivity index (χ4n) is 2.12. The lowest BCUT2D eigenvalue weighted by molar-refractivity contribution is 0.587. The summed E-state index contributed by atoms with van der Waals surface area (Å²) in [5.41, 5.74) is 2.78. The standard InChI is InChI=1S/C14H16FN/c1-10(2)16-11(3)8-9-14(16)12-6-4-5-7-13(12)15/h4-10H,1-3H3. The zero-order valence-electron chi connectivity index (χ0n) is 9.87. The van der Waals surface area contributed by atoms with Crippen molar-refractivity contribution in [3.8, 4) is 11.3 Å². The second kappa shape index (κ2) is 4.12. The van der Waals surface area contributed by atoms with Crippen molar-refractivity contribution < 1.29 is 4.39 Å². The number of aryl methyl sites for hydroxylation is 1. The molecule has 0 saturated carbocycles. The third-order valence-corrected chi connectivity index (χ3v) is 2.79. The normalized spacial score (nSPS) is 11.1. The van der Waals surface area contributed by atoms with Gasteiger partial charge >= 0.3 is 0 Å². The van der Waals surface area contributed by atoms with E-state index in [0.717, 1.165) is 11.4 Å². The summed E-state index contributed by atoms with van der Waals surface area (Å²) in [5.74, 6) is -0.164. The second-order valence-corrected chi connectivity index (χ2v) is 4.30. The van der Waals surface area contributed by atoms with E-state index in [-0.39, 0.29) is 5.82 Å². The van der Waals surface area contributed by atoms with Gasteiger partial charge in [-0.1, -0.05) is 12.1 Å². The lowest BCUT2D eigenvalue weighted by Crippen LogP contribution is -2.05. The highest BCUT2D eigenvalue weighted by atomic mass is 19.1. The zero-order valence-corrected chi connectivity index (χ0v) is 9.87. The molecule has 0 saturated heterocycles. The van der Waals surface area contributed by atoms with Crippen LogP contribution in [0.25, 0.3) is 11.3 Å². The number of hydrogen-bond acceptors (Lipinski definition) is 0. The van der Waals surface area contributed by atoms with Crippen LogP contribution in [-0.2, 0) is 0 Å². The summed E-state index contributed by atoms with van der Waals surface area (Å²) < 4.78 is 15.9. The van der Waals surface area contributed by atoms with Crippen LogP contribution < -0.4 is 0 Å². The van der Waals surface area contributed by atoms with Crippen LogP contribution in [0.3, 0.4) is 0 Å². The summed E-state index contributed by atoms with van der Waals surface area (Å²) >= 11 is 0. The Morgan fingerprint density at radius 1 is 1.06 bits per heavy atom. The van der Waals surface area contributed by atoms with Gasteiger partial charge in [0.05, 0.1) is 5.69 Å². The van der Waals surface area contributed by atoms with E-state index >= 15 is 0 Å². The molecule has 2 heteroatoms. The lowest BCUT2D eigenvalue weighted by atomic mass is 10.1. The van der Waals surface area contributed by atoms with Crippen molar-refractivity contribution in [2.24, 2.45) is 0 Å². The van der Waals surface area contributed by atoms with Crippen molar-refractivity contribution in [2.75, 3.05) is 0 Å². The molecule has 0 aliphatic heterocycles. The molecule has 0 bridgehead atoms. The van der Waals surface area contributed by atoms with Gasteiger partial charge in [-0.05, 0) is 45.0 Å². The maximum atomic E-state index is 13.7. The minimum atomic E-state index is -0.164. The van der Waals surface area contributed by atoms with E-state index in [9.17, 15) is 4.39 Å². The van der Waals surface area contributed by atoms with E-state index < -0.39 is 0 Å². The number of halogens is 1. The van der Waals surface area contributed by atoms with Gasteiger partial charge in [0, 0.05) is 17.3 Å². The van der Waals surface area contributed by atoms with Crippen LogP contribution in [0.2, 0.25) is 0 Å². The van der Waals surface area contributed by atoms with E-state index in [2.05, 4.69) is 18.4 Å². The number of hydrogen-bond donors (Lipinski definition) is 0. The molecular formula is C14H16FN. The van der Waals surface area contributed by atoms with Crippen LogP contribution in [0.1, 0.15) is 25.6 Å². The van der Waals surface area contributed by atoms with Gasteiger partial charge < -0.3 is 4.57 Å². The quantitative estimate of drug-likeness (QED) is 0.711. The molecule has 1 aromatic heterocycles. The van der Waals surface area contributed by atoms with Gasteiger partial charge in [0.25, 0.3) is 0 Å². The maximum absolute atomic E-state index is 13.7. The Morgan fingerprint density at radius 3 is 2.38 bits per heavy atom. The van der Waals surface area contributed by atoms with Crippen molar-refractivity contribution >= 4 is 0 Å². The SMILES string of the molecule is Cc1ccc(-c2ccccc2F)n1C(C)C. The molecule has 2 aromatic rings. The molecule has 0 aliphatic carbocycles. The number of benzene rings is 1. The summed E-state index contributed by atoms with van der Waals surface area (Å²) in [4.78, 5) is 0. The van der Waals surface area contributed by atoms with Crippen LogP contribution in [0.4, 0.5) is 4.39 Å². The van der Waals surface area contributed by atoms with Crippen LogP contribution >= 0.6 is 0 Å². The zero-order chi connectivity index (χ0) is 11.7. The molecule has 0 spiro atoms. The average Bonchev–Trinajstić information content (AvgIpc) is 2.61. The topological polar surface area (TPSA) is 4.93 Å². The van der Waals surface area contributed by atoms with Crippen LogP contribution in [0.5, 0.6) is 0 Å². The highest BCUT2D eigenvalue weighted by Crippen LogP contribution is 2.27. The predicted molar refractivity (Wildman–Crippen MR) is 64.9 cm³/mol. The molecule has 0 atom stereocenters. The molecule has 1 nitrogen and oxygen atoms in total. The molecule has 0 unspecified atom stereocenters. The Bertz CT molecular complexity index is 497. The van der Waals surface area contributed by atoms with Crippen molar-refractivity contribution in [1.29, 1.82) is 0 Å². The first kappa shape index (κ1) is 10.9. The Morgan fingerprint density at radius 2 is 1.75 bits per heavy atom. The summed E-state index contributed by atoms with van der Waals surface area (Å²) in [5, 5.41) is 0. The Balaban J connectivity index is 2.61. The predicted octanol–water partition coefficient (Wildman–Crippen LogP) is 4.18. The van der Waals surface area contributed by atoms with Gasteiger partial charge in [-0.3, -0.25) is 0 Å². The lowest BCUT2D eigenvalue weighted by Gasteiger charge is -2.16. The van der Waals surface area contributed by atoms with E-state index in [1.165, 1.54) is 6.07 Å². The third-order valence-electron chi connectivity index (χ3n) is 2.79. The summed E-state index contributed by atoms with van der Waals surface area (Å²) in [7, 11) is 0. The van der Waals surface area contributed by atoms with Crippen molar-refractivity contribution in [3.63, 3.8) is 0 Å². The number of rotatable bonds is 2. The second-order valence-electron chi connectivity index (χ2n) is 4.30. The maximum Gasteiger partial charge on any atom is 0.132 e. The van der Waals surface area contributed by atoms with Gasteiger partial charge in [0.2, 0.25) is 0 Å². The Kier molecular flexibility index (Phi) is 2.82. The fraction of sp³-hybridized carbons (Fsp3) is 0.286. The van der Waals surface area contributed by atoms with Crippen molar-refractivity contribution in [1.82, 2.24) is 4.57 Å². The molecule has 0 aliphatic rings. The largest absolute Gasteiger partial charge is 0.342 e. The molecule has 0 radical (unpaired) electrons. The molecule has 1 aromatic carbocycles. The monoisotopic (exact) mass is 217 g/mol. The van der Waals surface area contributed by atoms with E-state index in [1.54, 1.807) is 6.07 Å². The fourth-order valence-corrected chi connectivity index (χ4v) is 2.12. The molecule has 0 amide bonds. The smallest absolute Gasteiger partial charge is 0.132 e. The Hall–Kier alpha value is -1.57. The molecular weight excluding hydrogens is 201 g/mol. The summed E-state index contributed by atoms with van der Waals surface area (Å²) in [6.07, 6.45) is 0. The minimum Gasteiger partial charge on any atom is -0.342 e. The summed E-state index contributed by atoms with van der Waals surface area (Å²) in [6, 6.07) is 11.3. The molecule has 2 rings (SSSR count). The first-order chi connectivity index (χ1) is 7.61. The van der Waals surface area contributed by atoms with Crippen molar-refractivity contribution in [2.45, 2.75) is 26.8 Å². The number of aromatic nitrogens is 1. The van der Waals surface area contributed by atoms with Gasteiger partial charge in [0.15, 0.2) is 0 Å². The van der Waals surface area contributed by atoms with Gasteiger partial charge in [-0.2, -0.15) is 0 Å². The molecule has 84 valence electrons. The molecule has 16 heavy (non-hydrogen) atoms. The highest BCUT2D eigenvalue weighted by molar-refractivity contribution is 5.61. The van der Waals surface area contributed by atoms with Crippen LogP contribution in [0, 0.1) is 12.7 Å². The Labute approximate surface area is 95.5 Å². The molecule has 0 N–H and O–H groups in total. The van der Waals surface area contributed by atoms with Gasteiger partial charge in [-0.15, -0.1) is 0 Å². The number of nitrogens with zero attached hydrogens (tertiary/aromatic N) is 1. The first-order valence-electron chi connectivity index (χ1n) is 5.54. The van der Waals surface area contributed by atoms with E-state index in [0.29, 0.717) is 11.6 Å². The summed E-state index contributed by atoms with van der Waals surface area (Å²) in [6.45, 7) is 6.26. The van der Waals surface area contributed by atoms with E-state index in [1.807, 2.05) is 31.2 Å². The third kappa shape index (κ3) is 1.75. The van der Waals surface area contributed by atoms with E-state index in [4.69, 9.17) is 0 Å². The van der Waals surface area contributed by atoms with Gasteiger partial charge in [-0.25, -0.2) is 4.39 Å². The van der Waals surface area contributed by atoms with Gasteiger partial charge in [0.1, 0.15) is 5.82 Å². The average molecular weight is 217 g/mol. The first-order valence-corrected chi connectivity index (χ1v) is 5.54.